The van der Waals surface area contributed by atoms with Crippen LogP contribution in [-0.2, 0) is 11.3 Å². The molecular formula is C20H16FN5O2S. The maximum atomic E-state index is 13.7. The molecule has 0 bridgehead atoms. The fourth-order valence-corrected chi connectivity index (χ4v) is 3.71. The summed E-state index contributed by atoms with van der Waals surface area (Å²) in [6.07, 6.45) is 3.29. The molecule has 0 aliphatic carbocycles. The molecule has 0 spiro atoms. The molecular weight excluding hydrogens is 393 g/mol. The van der Waals surface area contributed by atoms with E-state index in [1.165, 1.54) is 10.6 Å². The Kier molecular flexibility index (Phi) is 4.89. The van der Waals surface area contributed by atoms with Crippen molar-refractivity contribution in [1.82, 2.24) is 18.9 Å². The van der Waals surface area contributed by atoms with Crippen LogP contribution in [0.4, 0.5) is 10.1 Å². The van der Waals surface area contributed by atoms with E-state index >= 15 is 0 Å². The first-order valence-electron chi connectivity index (χ1n) is 8.77. The largest absolute Gasteiger partial charge is 0.324 e. The molecule has 146 valence electrons. The predicted octanol–water partition coefficient (Wildman–Crippen LogP) is 3.31. The lowest BCUT2D eigenvalue weighted by molar-refractivity contribution is -0.116. The number of carbonyl (C=O) groups excluding carboxylic acids is 1. The minimum absolute atomic E-state index is 0.231. The van der Waals surface area contributed by atoms with Gasteiger partial charge in [-0.3, -0.25) is 19.1 Å². The number of nitrogens with zero attached hydrogens (tertiary/aromatic N) is 4. The Bertz CT molecular complexity index is 1280. The van der Waals surface area contributed by atoms with Crippen molar-refractivity contribution in [3.8, 4) is 11.3 Å². The number of aromatic nitrogens is 4. The second kappa shape index (κ2) is 7.51. The summed E-state index contributed by atoms with van der Waals surface area (Å²) < 4.78 is 19.7. The summed E-state index contributed by atoms with van der Waals surface area (Å²) in [5, 5.41) is 2.61. The van der Waals surface area contributed by atoms with E-state index < -0.39 is 11.7 Å². The van der Waals surface area contributed by atoms with Gasteiger partial charge in [0.1, 0.15) is 34.1 Å². The molecule has 1 amide bonds. The highest BCUT2D eigenvalue weighted by molar-refractivity contribution is 7.13. The van der Waals surface area contributed by atoms with Crippen LogP contribution in [0.3, 0.4) is 0 Å². The van der Waals surface area contributed by atoms with Crippen LogP contribution in [0.5, 0.6) is 0 Å². The van der Waals surface area contributed by atoms with Crippen molar-refractivity contribution in [1.29, 1.82) is 0 Å². The van der Waals surface area contributed by atoms with Gasteiger partial charge >= 0.3 is 0 Å². The molecule has 0 aliphatic rings. The fraction of sp³-hybridized carbons (Fsp3) is 0.150. The zero-order chi connectivity index (χ0) is 20.5. The minimum atomic E-state index is -0.446. The number of anilines is 1. The highest BCUT2D eigenvalue weighted by Gasteiger charge is 2.18. The van der Waals surface area contributed by atoms with E-state index in [1.807, 2.05) is 0 Å². The molecule has 0 atom stereocenters. The molecule has 0 fully saturated rings. The van der Waals surface area contributed by atoms with Crippen LogP contribution in [0.1, 0.15) is 11.4 Å². The Morgan fingerprint density at radius 2 is 1.97 bits per heavy atom. The van der Waals surface area contributed by atoms with Gasteiger partial charge in [0.05, 0.1) is 0 Å². The molecule has 0 radical (unpaired) electrons. The molecule has 0 saturated heterocycles. The molecule has 3 heterocycles. The number of carbonyl (C=O) groups is 1. The van der Waals surface area contributed by atoms with Crippen molar-refractivity contribution < 1.29 is 9.18 Å². The second-order valence-electron chi connectivity index (χ2n) is 6.51. The maximum Gasteiger partial charge on any atom is 0.273 e. The first-order chi connectivity index (χ1) is 13.9. The molecule has 1 aromatic carbocycles. The van der Waals surface area contributed by atoms with Gasteiger partial charge in [-0.05, 0) is 55.2 Å². The summed E-state index contributed by atoms with van der Waals surface area (Å²) in [7, 11) is 0. The predicted molar refractivity (Wildman–Crippen MR) is 109 cm³/mol. The Balaban J connectivity index is 1.65. The van der Waals surface area contributed by atoms with Gasteiger partial charge in [0.2, 0.25) is 5.91 Å². The average molecular weight is 409 g/mol. The third kappa shape index (κ3) is 3.64. The summed E-state index contributed by atoms with van der Waals surface area (Å²) in [6.45, 7) is 3.07. The van der Waals surface area contributed by atoms with Crippen LogP contribution in [-0.4, -0.2) is 24.8 Å². The molecule has 4 aromatic rings. The monoisotopic (exact) mass is 409 g/mol. The second-order valence-corrected chi connectivity index (χ2v) is 7.28. The number of halogens is 1. The molecule has 29 heavy (non-hydrogen) atoms. The SMILES string of the molecule is Cc1ccc(NC(=O)Cn2c(C)nc3c(-c4ccncc4)nsc3c2=O)cc1F. The Morgan fingerprint density at radius 3 is 2.69 bits per heavy atom. The van der Waals surface area contributed by atoms with Crippen molar-refractivity contribution in [3.05, 3.63) is 70.3 Å². The molecule has 0 unspecified atom stereocenters. The smallest absolute Gasteiger partial charge is 0.273 e. The lowest BCUT2D eigenvalue weighted by Gasteiger charge is -2.10. The Morgan fingerprint density at radius 1 is 1.21 bits per heavy atom. The van der Waals surface area contributed by atoms with Gasteiger partial charge < -0.3 is 5.32 Å². The molecule has 9 heteroatoms. The van der Waals surface area contributed by atoms with Gasteiger partial charge in [0.15, 0.2) is 0 Å². The molecule has 0 saturated carbocycles. The topological polar surface area (TPSA) is 89.8 Å². The van der Waals surface area contributed by atoms with E-state index in [-0.39, 0.29) is 12.1 Å². The Hall–Kier alpha value is -3.46. The summed E-state index contributed by atoms with van der Waals surface area (Å²) in [6, 6.07) is 8.02. The zero-order valence-electron chi connectivity index (χ0n) is 15.6. The summed E-state index contributed by atoms with van der Waals surface area (Å²) >= 11 is 1.05. The van der Waals surface area contributed by atoms with Gasteiger partial charge in [-0.15, -0.1) is 0 Å². The van der Waals surface area contributed by atoms with Crippen molar-refractivity contribution >= 4 is 33.3 Å². The van der Waals surface area contributed by atoms with E-state index in [4.69, 9.17) is 0 Å². The quantitative estimate of drug-likeness (QED) is 0.559. The van der Waals surface area contributed by atoms with Crippen LogP contribution >= 0.6 is 11.5 Å². The molecule has 0 aliphatic heterocycles. The van der Waals surface area contributed by atoms with Gasteiger partial charge in [-0.1, -0.05) is 6.07 Å². The molecule has 7 nitrogen and oxygen atoms in total. The van der Waals surface area contributed by atoms with Crippen molar-refractivity contribution in [2.45, 2.75) is 20.4 Å². The molecule has 3 aromatic heterocycles. The van der Waals surface area contributed by atoms with Crippen LogP contribution in [0.2, 0.25) is 0 Å². The van der Waals surface area contributed by atoms with Gasteiger partial charge in [-0.2, -0.15) is 4.37 Å². The number of rotatable bonds is 4. The number of benzene rings is 1. The summed E-state index contributed by atoms with van der Waals surface area (Å²) in [5.41, 5.74) is 2.40. The number of pyridine rings is 1. The number of aryl methyl sites for hydroxylation is 2. The fourth-order valence-electron chi connectivity index (χ4n) is 2.92. The van der Waals surface area contributed by atoms with Crippen LogP contribution < -0.4 is 10.9 Å². The first kappa shape index (κ1) is 18.9. The lowest BCUT2D eigenvalue weighted by Crippen LogP contribution is -2.29. The van der Waals surface area contributed by atoms with E-state index in [2.05, 4.69) is 19.7 Å². The van der Waals surface area contributed by atoms with Gasteiger partial charge in [0, 0.05) is 23.6 Å². The number of fused-ring (bicyclic) bond motifs is 1. The maximum absolute atomic E-state index is 13.7. The van der Waals surface area contributed by atoms with Crippen LogP contribution in [0, 0.1) is 19.7 Å². The highest BCUT2D eigenvalue weighted by Crippen LogP contribution is 2.27. The minimum Gasteiger partial charge on any atom is -0.324 e. The summed E-state index contributed by atoms with van der Waals surface area (Å²) in [5.74, 6) is -0.464. The normalized spacial score (nSPS) is 11.0. The van der Waals surface area contributed by atoms with Crippen molar-refractivity contribution in [2.24, 2.45) is 0 Å². The molecule has 4 rings (SSSR count). The molecule has 1 N–H and O–H groups in total. The first-order valence-corrected chi connectivity index (χ1v) is 9.54. The van der Waals surface area contributed by atoms with Crippen LogP contribution in [0.25, 0.3) is 21.5 Å². The van der Waals surface area contributed by atoms with E-state index in [0.29, 0.717) is 33.0 Å². The van der Waals surface area contributed by atoms with E-state index in [9.17, 15) is 14.0 Å². The zero-order valence-corrected chi connectivity index (χ0v) is 16.5. The van der Waals surface area contributed by atoms with Crippen molar-refractivity contribution in [2.75, 3.05) is 5.32 Å². The van der Waals surface area contributed by atoms with Gasteiger partial charge in [-0.25, -0.2) is 9.37 Å². The summed E-state index contributed by atoms with van der Waals surface area (Å²) in [4.78, 5) is 33.8. The van der Waals surface area contributed by atoms with E-state index in [0.717, 1.165) is 17.1 Å². The number of nitrogens with one attached hydrogen (secondary N) is 1. The third-order valence-corrected chi connectivity index (χ3v) is 5.31. The van der Waals surface area contributed by atoms with Crippen molar-refractivity contribution in [3.63, 3.8) is 0 Å². The highest BCUT2D eigenvalue weighted by atomic mass is 32.1. The number of hydrogen-bond donors (Lipinski definition) is 1. The number of hydrogen-bond acceptors (Lipinski definition) is 6. The standard InChI is InChI=1S/C20H16FN5O2S/c1-11-3-4-14(9-15(11)21)24-16(27)10-26-12(2)23-18-17(13-5-7-22-8-6-13)25-29-19(18)20(26)28/h3-9H,10H2,1-2H3,(H,24,27). The average Bonchev–Trinajstić information content (AvgIpc) is 3.12. The Labute approximate surface area is 169 Å². The van der Waals surface area contributed by atoms with E-state index in [1.54, 1.807) is 50.5 Å². The lowest BCUT2D eigenvalue weighted by atomic mass is 10.2. The van der Waals surface area contributed by atoms with Crippen LogP contribution in [0.15, 0.2) is 47.5 Å². The number of amides is 1. The third-order valence-electron chi connectivity index (χ3n) is 4.48. The van der Waals surface area contributed by atoms with Gasteiger partial charge in [0.25, 0.3) is 5.56 Å².